The molecule has 1 aromatic rings. The van der Waals surface area contributed by atoms with Gasteiger partial charge in [0.25, 0.3) is 0 Å². The second-order valence-corrected chi connectivity index (χ2v) is 8.76. The summed E-state index contributed by atoms with van der Waals surface area (Å²) in [6.07, 6.45) is 8.37. The number of hydrogen-bond acceptors (Lipinski definition) is 4. The number of allylic oxidation sites excluding steroid dienone is 1. The lowest BCUT2D eigenvalue weighted by atomic mass is 10.00. The van der Waals surface area contributed by atoms with E-state index in [1.807, 2.05) is 19.1 Å². The fourth-order valence-corrected chi connectivity index (χ4v) is 5.12. The highest BCUT2D eigenvalue weighted by Gasteiger charge is 2.37. The van der Waals surface area contributed by atoms with Crippen LogP contribution < -0.4 is 0 Å². The average molecular weight is 375 g/mol. The summed E-state index contributed by atoms with van der Waals surface area (Å²) in [5, 5.41) is 0. The van der Waals surface area contributed by atoms with Gasteiger partial charge in [-0.15, -0.1) is 0 Å². The second-order valence-electron chi connectivity index (χ2n) is 6.87. The molecule has 0 fully saturated rings. The van der Waals surface area contributed by atoms with Crippen molar-refractivity contribution in [2.24, 2.45) is 0 Å². The van der Waals surface area contributed by atoms with Crippen LogP contribution in [-0.2, 0) is 19.6 Å². The van der Waals surface area contributed by atoms with E-state index in [4.69, 9.17) is 4.74 Å². The highest BCUT2D eigenvalue weighted by Crippen LogP contribution is 2.32. The van der Waals surface area contributed by atoms with Crippen LogP contribution in [0.4, 0.5) is 0 Å². The van der Waals surface area contributed by atoms with Gasteiger partial charge in [-0.3, -0.25) is 0 Å². The third kappa shape index (κ3) is 3.76. The van der Waals surface area contributed by atoms with Gasteiger partial charge < -0.3 is 4.74 Å². The summed E-state index contributed by atoms with van der Waals surface area (Å²) in [4.78, 5) is 12.5. The number of carbonyl (C=O) groups is 1. The predicted molar refractivity (Wildman–Crippen MR) is 100 cm³/mol. The highest BCUT2D eigenvalue weighted by atomic mass is 32.2. The number of fused-ring (bicyclic) bond motifs is 1. The van der Waals surface area contributed by atoms with Gasteiger partial charge >= 0.3 is 5.97 Å². The molecule has 2 bridgehead atoms. The van der Waals surface area contributed by atoms with Gasteiger partial charge in [-0.05, 0) is 43.9 Å². The van der Waals surface area contributed by atoms with Crippen LogP contribution in [0.1, 0.15) is 37.7 Å². The lowest BCUT2D eigenvalue weighted by Crippen LogP contribution is -2.36. The van der Waals surface area contributed by atoms with E-state index in [1.165, 1.54) is 11.4 Å². The average Bonchev–Trinajstić information content (AvgIpc) is 3.04. The Labute approximate surface area is 155 Å². The quantitative estimate of drug-likeness (QED) is 0.760. The summed E-state index contributed by atoms with van der Waals surface area (Å²) in [5.74, 6) is -0.398. The maximum absolute atomic E-state index is 13.2. The van der Waals surface area contributed by atoms with Crippen LogP contribution in [0.15, 0.2) is 52.5 Å². The van der Waals surface area contributed by atoms with Crippen molar-refractivity contribution in [2.75, 3.05) is 13.7 Å². The molecule has 0 amide bonds. The van der Waals surface area contributed by atoms with Gasteiger partial charge in [0.1, 0.15) is 0 Å². The Hall–Kier alpha value is -1.92. The van der Waals surface area contributed by atoms with E-state index in [2.05, 4.69) is 0 Å². The van der Waals surface area contributed by atoms with Crippen LogP contribution in [0.5, 0.6) is 0 Å². The van der Waals surface area contributed by atoms with Crippen LogP contribution in [0.3, 0.4) is 0 Å². The molecule has 0 aromatic heterocycles. The smallest absolute Gasteiger partial charge is 0.337 e. The predicted octanol–water partition coefficient (Wildman–Crippen LogP) is 3.36. The molecule has 0 saturated heterocycles. The Morgan fingerprint density at radius 3 is 2.58 bits per heavy atom. The van der Waals surface area contributed by atoms with Crippen molar-refractivity contribution in [2.45, 2.75) is 50.0 Å². The first-order chi connectivity index (χ1) is 12.4. The number of aryl methyl sites for hydroxylation is 1. The summed E-state index contributed by atoms with van der Waals surface area (Å²) in [6.45, 7) is 2.14. The molecule has 3 rings (SSSR count). The molecule has 1 heterocycles. The molecule has 1 aromatic carbocycles. The summed E-state index contributed by atoms with van der Waals surface area (Å²) < 4.78 is 32.8. The minimum absolute atomic E-state index is 0.210. The van der Waals surface area contributed by atoms with E-state index < -0.39 is 16.0 Å². The van der Waals surface area contributed by atoms with Crippen molar-refractivity contribution in [1.29, 1.82) is 0 Å². The molecule has 26 heavy (non-hydrogen) atoms. The normalized spacial score (nSPS) is 23.7. The fourth-order valence-electron chi connectivity index (χ4n) is 3.54. The number of ether oxygens (including phenoxy) is 1. The maximum atomic E-state index is 13.2. The Kier molecular flexibility index (Phi) is 5.63. The van der Waals surface area contributed by atoms with Gasteiger partial charge in [0.15, 0.2) is 0 Å². The Morgan fingerprint density at radius 1 is 1.15 bits per heavy atom. The fraction of sp³-hybridized carbons (Fsp3) is 0.450. The molecule has 140 valence electrons. The Bertz CT molecular complexity index is 837. The zero-order valence-electron chi connectivity index (χ0n) is 15.3. The van der Waals surface area contributed by atoms with Crippen LogP contribution in [0.25, 0.3) is 0 Å². The first-order valence-corrected chi connectivity index (χ1v) is 10.5. The molecule has 5 nitrogen and oxygen atoms in total. The molecule has 2 aliphatic rings. The Balaban J connectivity index is 1.96. The molecule has 0 N–H and O–H groups in total. The van der Waals surface area contributed by atoms with Gasteiger partial charge in [-0.25, -0.2) is 13.2 Å². The van der Waals surface area contributed by atoms with Crippen molar-refractivity contribution < 1.29 is 17.9 Å². The minimum Gasteiger partial charge on any atom is -0.465 e. The zero-order chi connectivity index (χ0) is 18.7. The number of carbonyl (C=O) groups excluding carboxylic acids is 1. The van der Waals surface area contributed by atoms with Gasteiger partial charge in [-0.1, -0.05) is 42.7 Å². The molecule has 1 aliphatic carbocycles. The van der Waals surface area contributed by atoms with Gasteiger partial charge in [-0.2, -0.15) is 4.31 Å². The topological polar surface area (TPSA) is 63.7 Å². The van der Waals surface area contributed by atoms with Gasteiger partial charge in [0, 0.05) is 12.6 Å². The number of methoxy groups -OCH3 is 1. The van der Waals surface area contributed by atoms with E-state index >= 15 is 0 Å². The Morgan fingerprint density at radius 2 is 1.88 bits per heavy atom. The first-order valence-electron chi connectivity index (χ1n) is 9.01. The second kappa shape index (κ2) is 7.76. The van der Waals surface area contributed by atoms with Crippen LogP contribution in [-0.4, -0.2) is 38.4 Å². The van der Waals surface area contributed by atoms with E-state index in [0.29, 0.717) is 10.5 Å². The van der Waals surface area contributed by atoms with Crippen LogP contribution in [0, 0.1) is 6.92 Å². The van der Waals surface area contributed by atoms with E-state index in [0.717, 1.165) is 43.2 Å². The summed E-state index contributed by atoms with van der Waals surface area (Å²) in [7, 11) is -2.26. The van der Waals surface area contributed by atoms with Crippen molar-refractivity contribution >= 4 is 16.0 Å². The molecule has 6 heteroatoms. The van der Waals surface area contributed by atoms with Gasteiger partial charge in [0.2, 0.25) is 10.0 Å². The minimum atomic E-state index is -3.62. The van der Waals surface area contributed by atoms with Crippen molar-refractivity contribution in [3.63, 3.8) is 0 Å². The largest absolute Gasteiger partial charge is 0.465 e. The zero-order valence-corrected chi connectivity index (χ0v) is 16.1. The lowest BCUT2D eigenvalue weighted by molar-refractivity contribution is -0.135. The highest BCUT2D eigenvalue weighted by molar-refractivity contribution is 7.89. The molecule has 0 radical (unpaired) electrons. The van der Waals surface area contributed by atoms with E-state index in [1.54, 1.807) is 24.3 Å². The number of benzene rings is 1. The number of hydrogen-bond donors (Lipinski definition) is 0. The summed E-state index contributed by atoms with van der Waals surface area (Å²) >= 11 is 0. The third-order valence-corrected chi connectivity index (χ3v) is 6.91. The van der Waals surface area contributed by atoms with Crippen molar-refractivity contribution in [3.05, 3.63) is 53.1 Å². The van der Waals surface area contributed by atoms with E-state index in [-0.39, 0.29) is 12.6 Å². The number of nitrogens with zero attached hydrogens (tertiary/aromatic N) is 1. The molecule has 0 saturated carbocycles. The third-order valence-electron chi connectivity index (χ3n) is 5.02. The van der Waals surface area contributed by atoms with Crippen LogP contribution in [0.2, 0.25) is 0 Å². The standard InChI is InChI=1S/C20H25NO4S/c1-15-9-11-18(12-10-15)26(23,24)21-14-16-13-17(21)7-5-3-4-6-8-19(16)20(22)25-2/h8-13,17H,3-7,14H2,1-2H3/b19-8+. The summed E-state index contributed by atoms with van der Waals surface area (Å²) in [5.41, 5.74) is 2.27. The first kappa shape index (κ1) is 18.9. The van der Waals surface area contributed by atoms with Crippen molar-refractivity contribution in [3.8, 4) is 0 Å². The molecule has 1 atom stereocenters. The van der Waals surface area contributed by atoms with Crippen molar-refractivity contribution in [1.82, 2.24) is 4.31 Å². The number of rotatable bonds is 3. The monoisotopic (exact) mass is 375 g/mol. The van der Waals surface area contributed by atoms with E-state index in [9.17, 15) is 13.2 Å². The molecule has 0 spiro atoms. The lowest BCUT2D eigenvalue weighted by Gasteiger charge is -2.24. The molecular formula is C20H25NO4S. The maximum Gasteiger partial charge on any atom is 0.337 e. The molecular weight excluding hydrogens is 350 g/mol. The SMILES string of the molecule is COC(=O)/C1=C/CCCCCC2C=C1CN2S(=O)(=O)c1ccc(C)cc1. The number of sulfonamides is 1. The van der Waals surface area contributed by atoms with Gasteiger partial charge in [0.05, 0.1) is 17.6 Å². The number of esters is 1. The molecule has 1 unspecified atom stereocenters. The van der Waals surface area contributed by atoms with Crippen LogP contribution >= 0.6 is 0 Å². The molecule has 1 aliphatic heterocycles. The summed E-state index contributed by atoms with van der Waals surface area (Å²) in [6, 6.07) is 6.69.